The Morgan fingerprint density at radius 2 is 1.90 bits per heavy atom. The molecule has 0 radical (unpaired) electrons. The van der Waals surface area contributed by atoms with Crippen LogP contribution >= 0.6 is 11.6 Å². The highest BCUT2D eigenvalue weighted by atomic mass is 35.5. The van der Waals surface area contributed by atoms with Gasteiger partial charge in [0.1, 0.15) is 0 Å². The minimum absolute atomic E-state index is 0.281. The molecule has 0 spiro atoms. The van der Waals surface area contributed by atoms with Crippen LogP contribution in [-0.2, 0) is 0 Å². The molecule has 2 fully saturated rings. The Bertz CT molecular complexity index is 463. The second kappa shape index (κ2) is 5.72. The van der Waals surface area contributed by atoms with E-state index in [0.29, 0.717) is 17.3 Å². The normalized spacial score (nSPS) is 20.8. The van der Waals surface area contributed by atoms with Gasteiger partial charge in [-0.1, -0.05) is 13.3 Å². The molecule has 1 aliphatic heterocycles. The summed E-state index contributed by atoms with van der Waals surface area (Å²) in [5, 5.41) is 3.65. The Kier molecular flexibility index (Phi) is 3.96. The maximum absolute atomic E-state index is 6.03. The first-order chi connectivity index (χ1) is 9.71. The number of anilines is 2. The van der Waals surface area contributed by atoms with Gasteiger partial charge in [0.15, 0.2) is 0 Å². The zero-order valence-corrected chi connectivity index (χ0v) is 12.8. The molecule has 1 aromatic heterocycles. The van der Waals surface area contributed by atoms with E-state index < -0.39 is 0 Å². The van der Waals surface area contributed by atoms with Gasteiger partial charge in [-0.3, -0.25) is 0 Å². The largest absolute Gasteiger partial charge is 0.353 e. The van der Waals surface area contributed by atoms with Crippen LogP contribution in [0.2, 0.25) is 5.28 Å². The van der Waals surface area contributed by atoms with Crippen molar-refractivity contribution < 1.29 is 0 Å². The van der Waals surface area contributed by atoms with Gasteiger partial charge >= 0.3 is 0 Å². The van der Waals surface area contributed by atoms with E-state index in [1.165, 1.54) is 38.5 Å². The zero-order chi connectivity index (χ0) is 14.0. The lowest BCUT2D eigenvalue weighted by molar-refractivity contribution is 0.144. The molecule has 2 heterocycles. The Balaban J connectivity index is 1.69. The fraction of sp³-hybridized carbons (Fsp3) is 0.786. The zero-order valence-electron chi connectivity index (χ0n) is 12.0. The summed E-state index contributed by atoms with van der Waals surface area (Å²) in [7, 11) is 0. The van der Waals surface area contributed by atoms with E-state index in [1.807, 2.05) is 0 Å². The molecule has 1 aromatic rings. The van der Waals surface area contributed by atoms with E-state index in [-0.39, 0.29) is 5.28 Å². The van der Waals surface area contributed by atoms with E-state index >= 15 is 0 Å². The van der Waals surface area contributed by atoms with Gasteiger partial charge in [-0.15, -0.1) is 0 Å². The minimum Gasteiger partial charge on any atom is -0.353 e. The SMILES string of the molecule is CCC1(CNc2nc(Cl)nc(N3CCCC3)n2)CCC1. The molecule has 20 heavy (non-hydrogen) atoms. The monoisotopic (exact) mass is 295 g/mol. The van der Waals surface area contributed by atoms with Crippen LogP contribution in [0.15, 0.2) is 0 Å². The van der Waals surface area contributed by atoms with Gasteiger partial charge in [-0.2, -0.15) is 15.0 Å². The third kappa shape index (κ3) is 2.82. The number of hydrogen-bond acceptors (Lipinski definition) is 5. The summed E-state index contributed by atoms with van der Waals surface area (Å²) in [5.41, 5.74) is 0.437. The molecule has 0 bridgehead atoms. The van der Waals surface area contributed by atoms with Crippen LogP contribution in [0.25, 0.3) is 0 Å². The molecule has 0 unspecified atom stereocenters. The molecule has 1 N–H and O–H groups in total. The van der Waals surface area contributed by atoms with Crippen molar-refractivity contribution in [1.82, 2.24) is 15.0 Å². The summed E-state index contributed by atoms with van der Waals surface area (Å²) in [6.07, 6.45) is 7.54. The fourth-order valence-electron chi connectivity index (χ4n) is 3.08. The Labute approximate surface area is 125 Å². The van der Waals surface area contributed by atoms with Crippen LogP contribution in [0.3, 0.4) is 0 Å². The molecule has 6 heteroatoms. The van der Waals surface area contributed by atoms with Crippen molar-refractivity contribution in [2.75, 3.05) is 29.9 Å². The van der Waals surface area contributed by atoms with Crippen LogP contribution in [0.5, 0.6) is 0 Å². The molecule has 1 saturated heterocycles. The van der Waals surface area contributed by atoms with Crippen LogP contribution in [0.1, 0.15) is 45.4 Å². The molecular weight excluding hydrogens is 274 g/mol. The van der Waals surface area contributed by atoms with Crippen molar-refractivity contribution in [3.63, 3.8) is 0 Å². The summed E-state index contributed by atoms with van der Waals surface area (Å²) < 4.78 is 0. The average molecular weight is 296 g/mol. The molecule has 0 amide bonds. The second-order valence-electron chi connectivity index (χ2n) is 5.98. The standard InChI is InChI=1S/C14H22ClN5/c1-2-14(6-5-7-14)10-16-12-17-11(15)18-13(19-12)20-8-3-4-9-20/h2-10H2,1H3,(H,16,17,18,19). The van der Waals surface area contributed by atoms with Crippen LogP contribution in [0.4, 0.5) is 11.9 Å². The lowest BCUT2D eigenvalue weighted by Crippen LogP contribution is -2.36. The highest BCUT2D eigenvalue weighted by molar-refractivity contribution is 6.28. The predicted octanol–water partition coefficient (Wildman–Crippen LogP) is 3.12. The number of nitrogens with zero attached hydrogens (tertiary/aromatic N) is 4. The number of aromatic nitrogens is 3. The number of rotatable bonds is 5. The molecule has 5 nitrogen and oxygen atoms in total. The third-order valence-corrected chi connectivity index (χ3v) is 4.94. The van der Waals surface area contributed by atoms with Gasteiger partial charge in [0, 0.05) is 19.6 Å². The maximum Gasteiger partial charge on any atom is 0.231 e. The van der Waals surface area contributed by atoms with Crippen molar-refractivity contribution in [3.8, 4) is 0 Å². The lowest BCUT2D eigenvalue weighted by atomic mass is 9.67. The first-order valence-corrected chi connectivity index (χ1v) is 7.99. The van der Waals surface area contributed by atoms with Crippen LogP contribution in [0, 0.1) is 5.41 Å². The summed E-state index contributed by atoms with van der Waals surface area (Å²) in [4.78, 5) is 15.1. The molecular formula is C14H22ClN5. The van der Waals surface area contributed by atoms with Crippen molar-refractivity contribution in [2.45, 2.75) is 45.4 Å². The maximum atomic E-state index is 6.03. The Morgan fingerprint density at radius 1 is 1.15 bits per heavy atom. The molecule has 0 aromatic carbocycles. The molecule has 1 saturated carbocycles. The number of hydrogen-bond donors (Lipinski definition) is 1. The van der Waals surface area contributed by atoms with Gasteiger partial charge in [0.05, 0.1) is 0 Å². The van der Waals surface area contributed by atoms with Gasteiger partial charge < -0.3 is 10.2 Å². The fourth-order valence-corrected chi connectivity index (χ4v) is 3.23. The second-order valence-corrected chi connectivity index (χ2v) is 6.32. The predicted molar refractivity (Wildman–Crippen MR) is 81.3 cm³/mol. The molecule has 0 atom stereocenters. The topological polar surface area (TPSA) is 53.9 Å². The molecule has 3 rings (SSSR count). The van der Waals surface area contributed by atoms with E-state index in [2.05, 4.69) is 32.1 Å². The quantitative estimate of drug-likeness (QED) is 0.904. The van der Waals surface area contributed by atoms with E-state index in [4.69, 9.17) is 11.6 Å². The number of halogens is 1. The highest BCUT2D eigenvalue weighted by Gasteiger charge is 2.35. The minimum atomic E-state index is 0.281. The summed E-state index contributed by atoms with van der Waals surface area (Å²) in [6.45, 7) is 5.22. The van der Waals surface area contributed by atoms with Gasteiger partial charge in [0.25, 0.3) is 0 Å². The average Bonchev–Trinajstić information content (AvgIpc) is 2.91. The smallest absolute Gasteiger partial charge is 0.231 e. The summed E-state index contributed by atoms with van der Waals surface area (Å²) in [5.74, 6) is 1.33. The molecule has 110 valence electrons. The van der Waals surface area contributed by atoms with Crippen molar-refractivity contribution in [3.05, 3.63) is 5.28 Å². The van der Waals surface area contributed by atoms with E-state index in [0.717, 1.165) is 19.6 Å². The van der Waals surface area contributed by atoms with Crippen LogP contribution in [-0.4, -0.2) is 34.6 Å². The van der Waals surface area contributed by atoms with Crippen LogP contribution < -0.4 is 10.2 Å². The molecule has 2 aliphatic rings. The first kappa shape index (κ1) is 13.9. The number of nitrogens with one attached hydrogen (secondary N) is 1. The summed E-state index contributed by atoms with van der Waals surface area (Å²) in [6, 6.07) is 0. The van der Waals surface area contributed by atoms with Gasteiger partial charge in [-0.05, 0) is 49.1 Å². The highest BCUT2D eigenvalue weighted by Crippen LogP contribution is 2.43. The van der Waals surface area contributed by atoms with Crippen molar-refractivity contribution in [1.29, 1.82) is 0 Å². The first-order valence-electron chi connectivity index (χ1n) is 7.61. The third-order valence-electron chi connectivity index (χ3n) is 4.77. The van der Waals surface area contributed by atoms with Gasteiger partial charge in [0.2, 0.25) is 17.2 Å². The summed E-state index contributed by atoms with van der Waals surface area (Å²) >= 11 is 6.03. The Hall–Kier alpha value is -1.10. The van der Waals surface area contributed by atoms with Crippen molar-refractivity contribution in [2.24, 2.45) is 5.41 Å². The van der Waals surface area contributed by atoms with Gasteiger partial charge in [-0.25, -0.2) is 0 Å². The van der Waals surface area contributed by atoms with E-state index in [1.54, 1.807) is 0 Å². The lowest BCUT2D eigenvalue weighted by Gasteiger charge is -2.41. The van der Waals surface area contributed by atoms with Crippen molar-refractivity contribution >= 4 is 23.5 Å². The van der Waals surface area contributed by atoms with E-state index in [9.17, 15) is 0 Å². The molecule has 1 aliphatic carbocycles. The Morgan fingerprint density at radius 3 is 2.50 bits per heavy atom.